The molecule has 0 N–H and O–H groups in total. The third-order valence-corrected chi connectivity index (χ3v) is 6.12. The van der Waals surface area contributed by atoms with Crippen molar-refractivity contribution in [3.63, 3.8) is 0 Å². The number of carboxylic acids is 1. The molecule has 0 bridgehead atoms. The maximum Gasteiger partial charge on any atom is 0.226 e. The van der Waals surface area contributed by atoms with Crippen molar-refractivity contribution in [3.8, 4) is 0 Å². The van der Waals surface area contributed by atoms with Crippen molar-refractivity contribution in [1.29, 1.82) is 0 Å². The molecule has 124 valence electrons. The second kappa shape index (κ2) is 6.91. The first-order valence-corrected chi connectivity index (χ1v) is 8.98. The van der Waals surface area contributed by atoms with Crippen molar-refractivity contribution in [2.24, 2.45) is 5.92 Å². The van der Waals surface area contributed by atoms with Crippen molar-refractivity contribution in [2.45, 2.75) is 42.7 Å². The third-order valence-electron chi connectivity index (χ3n) is 4.70. The SMILES string of the molecule is O=C([O-])[C@@H]1[C@@H](SCc2ccc(F)cc2)CCN1C(=O)C1CCC1. The van der Waals surface area contributed by atoms with Gasteiger partial charge in [-0.05, 0) is 37.0 Å². The van der Waals surface area contributed by atoms with E-state index in [-0.39, 0.29) is 22.9 Å². The molecule has 1 aliphatic carbocycles. The van der Waals surface area contributed by atoms with Gasteiger partial charge in [-0.3, -0.25) is 4.79 Å². The van der Waals surface area contributed by atoms with Crippen LogP contribution in [0.5, 0.6) is 0 Å². The van der Waals surface area contributed by atoms with E-state index >= 15 is 0 Å². The summed E-state index contributed by atoms with van der Waals surface area (Å²) < 4.78 is 12.9. The molecule has 0 aromatic heterocycles. The molecule has 0 radical (unpaired) electrons. The minimum Gasteiger partial charge on any atom is -0.548 e. The van der Waals surface area contributed by atoms with Crippen molar-refractivity contribution in [3.05, 3.63) is 35.6 Å². The fraction of sp³-hybridized carbons (Fsp3) is 0.529. The highest BCUT2D eigenvalue weighted by molar-refractivity contribution is 7.99. The van der Waals surface area contributed by atoms with Crippen molar-refractivity contribution in [2.75, 3.05) is 6.54 Å². The van der Waals surface area contributed by atoms with Crippen LogP contribution in [-0.2, 0) is 15.3 Å². The van der Waals surface area contributed by atoms with Crippen LogP contribution in [-0.4, -0.2) is 34.6 Å². The molecule has 0 unspecified atom stereocenters. The van der Waals surface area contributed by atoms with Gasteiger partial charge in [-0.2, -0.15) is 11.8 Å². The first kappa shape index (κ1) is 16.3. The highest BCUT2D eigenvalue weighted by Crippen LogP contribution is 2.35. The van der Waals surface area contributed by atoms with Crippen LogP contribution in [0, 0.1) is 11.7 Å². The Morgan fingerprint density at radius 3 is 2.48 bits per heavy atom. The highest BCUT2D eigenvalue weighted by atomic mass is 32.2. The molecule has 23 heavy (non-hydrogen) atoms. The molecule has 1 amide bonds. The molecule has 1 saturated carbocycles. The Morgan fingerprint density at radius 1 is 1.22 bits per heavy atom. The molecule has 1 aliphatic heterocycles. The summed E-state index contributed by atoms with van der Waals surface area (Å²) in [5, 5.41) is 11.4. The van der Waals surface area contributed by atoms with E-state index in [4.69, 9.17) is 0 Å². The average molecular weight is 336 g/mol. The molecule has 0 spiro atoms. The smallest absolute Gasteiger partial charge is 0.226 e. The van der Waals surface area contributed by atoms with E-state index in [1.165, 1.54) is 28.8 Å². The lowest BCUT2D eigenvalue weighted by atomic mass is 9.84. The summed E-state index contributed by atoms with van der Waals surface area (Å²) in [5.41, 5.74) is 0.942. The number of hydrogen-bond donors (Lipinski definition) is 0. The zero-order chi connectivity index (χ0) is 16.4. The maximum absolute atomic E-state index is 12.9. The molecule has 2 aliphatic rings. The predicted octanol–water partition coefficient (Wildman–Crippen LogP) is 1.58. The van der Waals surface area contributed by atoms with Crippen LogP contribution in [0.1, 0.15) is 31.2 Å². The number of carboxylic acid groups (broad SMARTS) is 1. The number of hydrogen-bond acceptors (Lipinski definition) is 4. The van der Waals surface area contributed by atoms with Gasteiger partial charge in [-0.1, -0.05) is 18.6 Å². The molecule has 1 aromatic carbocycles. The van der Waals surface area contributed by atoms with Gasteiger partial charge in [-0.25, -0.2) is 4.39 Å². The van der Waals surface area contributed by atoms with E-state index in [0.29, 0.717) is 18.7 Å². The van der Waals surface area contributed by atoms with Gasteiger partial charge in [0.05, 0.1) is 12.0 Å². The number of thioether (sulfide) groups is 1. The monoisotopic (exact) mass is 336 g/mol. The molecule has 2 atom stereocenters. The largest absolute Gasteiger partial charge is 0.548 e. The summed E-state index contributed by atoms with van der Waals surface area (Å²) in [6.07, 6.45) is 3.43. The Morgan fingerprint density at radius 2 is 1.91 bits per heavy atom. The van der Waals surface area contributed by atoms with Gasteiger partial charge in [0.25, 0.3) is 0 Å². The third kappa shape index (κ3) is 3.52. The summed E-state index contributed by atoms with van der Waals surface area (Å²) in [6, 6.07) is 5.33. The van der Waals surface area contributed by atoms with E-state index in [1.54, 1.807) is 12.1 Å². The van der Waals surface area contributed by atoms with Crippen LogP contribution in [0.2, 0.25) is 0 Å². The fourth-order valence-electron chi connectivity index (χ4n) is 3.14. The zero-order valence-corrected chi connectivity index (χ0v) is 13.6. The molecule has 6 heteroatoms. The summed E-state index contributed by atoms with van der Waals surface area (Å²) in [6.45, 7) is 0.481. The van der Waals surface area contributed by atoms with Gasteiger partial charge in [0.15, 0.2) is 0 Å². The van der Waals surface area contributed by atoms with E-state index in [9.17, 15) is 19.1 Å². The quantitative estimate of drug-likeness (QED) is 0.819. The number of nitrogens with zero attached hydrogens (tertiary/aromatic N) is 1. The number of carbonyl (C=O) groups is 2. The van der Waals surface area contributed by atoms with E-state index in [1.807, 2.05) is 0 Å². The average Bonchev–Trinajstić information content (AvgIpc) is 2.89. The number of aliphatic carboxylic acids is 1. The summed E-state index contributed by atoms with van der Waals surface area (Å²) in [4.78, 5) is 25.4. The number of carbonyl (C=O) groups excluding carboxylic acids is 2. The Balaban J connectivity index is 1.63. The van der Waals surface area contributed by atoms with E-state index in [2.05, 4.69) is 0 Å². The topological polar surface area (TPSA) is 60.4 Å². The van der Waals surface area contributed by atoms with Crippen LogP contribution >= 0.6 is 11.8 Å². The number of likely N-dealkylation sites (tertiary alicyclic amines) is 1. The minimum absolute atomic E-state index is 0.00213. The van der Waals surface area contributed by atoms with Crippen molar-refractivity contribution in [1.82, 2.24) is 4.90 Å². The van der Waals surface area contributed by atoms with Gasteiger partial charge in [0.1, 0.15) is 5.82 Å². The second-order valence-corrected chi connectivity index (χ2v) is 7.42. The first-order chi connectivity index (χ1) is 11.1. The molecule has 4 nitrogen and oxygen atoms in total. The summed E-state index contributed by atoms with van der Waals surface area (Å²) in [5.74, 6) is -0.899. The van der Waals surface area contributed by atoms with Gasteiger partial charge >= 0.3 is 0 Å². The predicted molar refractivity (Wildman–Crippen MR) is 83.9 cm³/mol. The number of rotatable bonds is 5. The molecular weight excluding hydrogens is 317 g/mol. The second-order valence-electron chi connectivity index (χ2n) is 6.19. The Hall–Kier alpha value is -1.56. The standard InChI is InChI=1S/C17H20FNO3S/c18-13-6-4-11(5-7-13)10-23-14-8-9-19(15(14)17(21)22)16(20)12-2-1-3-12/h4-7,12,14-15H,1-3,8-10H2,(H,21,22)/p-1/t14-,15-/m0/s1. The number of benzene rings is 1. The van der Waals surface area contributed by atoms with E-state index < -0.39 is 12.0 Å². The molecule has 2 fully saturated rings. The van der Waals surface area contributed by atoms with Crippen LogP contribution in [0.15, 0.2) is 24.3 Å². The van der Waals surface area contributed by atoms with Gasteiger partial charge in [0, 0.05) is 23.5 Å². The molecule has 1 heterocycles. The maximum atomic E-state index is 12.9. The van der Waals surface area contributed by atoms with Crippen molar-refractivity contribution < 1.29 is 19.1 Å². The summed E-state index contributed by atoms with van der Waals surface area (Å²) in [7, 11) is 0. The Labute approximate surface area is 139 Å². The van der Waals surface area contributed by atoms with Crippen LogP contribution in [0.3, 0.4) is 0 Å². The van der Waals surface area contributed by atoms with E-state index in [0.717, 1.165) is 24.8 Å². The van der Waals surface area contributed by atoms with Gasteiger partial charge in [0.2, 0.25) is 5.91 Å². The van der Waals surface area contributed by atoms with Crippen LogP contribution in [0.25, 0.3) is 0 Å². The minimum atomic E-state index is -1.17. The molecule has 1 saturated heterocycles. The lowest BCUT2D eigenvalue weighted by molar-refractivity contribution is -0.310. The molecule has 1 aromatic rings. The van der Waals surface area contributed by atoms with Gasteiger partial charge < -0.3 is 14.8 Å². The molecule has 3 rings (SSSR count). The Bertz CT molecular complexity index is 588. The van der Waals surface area contributed by atoms with Crippen LogP contribution < -0.4 is 5.11 Å². The van der Waals surface area contributed by atoms with Crippen LogP contribution in [0.4, 0.5) is 4.39 Å². The summed E-state index contributed by atoms with van der Waals surface area (Å²) >= 11 is 1.50. The first-order valence-electron chi connectivity index (χ1n) is 7.93. The lowest BCUT2D eigenvalue weighted by Crippen LogP contribution is -2.52. The lowest BCUT2D eigenvalue weighted by Gasteiger charge is -2.34. The fourth-order valence-corrected chi connectivity index (χ4v) is 4.45. The number of amides is 1. The Kier molecular flexibility index (Phi) is 4.90. The van der Waals surface area contributed by atoms with Crippen molar-refractivity contribution >= 4 is 23.6 Å². The normalized spacial score (nSPS) is 24.5. The van der Waals surface area contributed by atoms with Gasteiger partial charge in [-0.15, -0.1) is 0 Å². The number of halogens is 1. The zero-order valence-electron chi connectivity index (χ0n) is 12.7. The highest BCUT2D eigenvalue weighted by Gasteiger charge is 2.41. The molecular formula is C17H19FNO3S-.